The normalized spacial score (nSPS) is 19.0. The van der Waals surface area contributed by atoms with Crippen LogP contribution in [0.25, 0.3) is 0 Å². The molecule has 1 rings (SSSR count). The van der Waals surface area contributed by atoms with Crippen LogP contribution in [0.3, 0.4) is 0 Å². The van der Waals surface area contributed by atoms with Crippen LogP contribution >= 0.6 is 0 Å². The Morgan fingerprint density at radius 2 is 2.00 bits per heavy atom. The Bertz CT molecular complexity index is 343. The zero-order valence-corrected chi connectivity index (χ0v) is 11.2. The molecule has 0 bridgehead atoms. The first-order valence-corrected chi connectivity index (χ1v) is 6.51. The minimum absolute atomic E-state index is 0.116. The van der Waals surface area contributed by atoms with Gasteiger partial charge in [0.15, 0.2) is 0 Å². The molecule has 1 unspecified atom stereocenters. The van der Waals surface area contributed by atoms with E-state index < -0.39 is 24.5 Å². The number of rotatable bonds is 5. The van der Waals surface area contributed by atoms with Gasteiger partial charge in [-0.15, -0.1) is 0 Å². The molecule has 1 atom stereocenters. The Balaban J connectivity index is 2.78. The molecule has 7 heteroatoms. The van der Waals surface area contributed by atoms with Crippen LogP contribution in [-0.4, -0.2) is 58.5 Å². The lowest BCUT2D eigenvalue weighted by atomic mass is 10.0. The van der Waals surface area contributed by atoms with Gasteiger partial charge in [0.05, 0.1) is 0 Å². The summed E-state index contributed by atoms with van der Waals surface area (Å²) in [4.78, 5) is 36.7. The fraction of sp³-hybridized carbons (Fsp3) is 0.750. The van der Waals surface area contributed by atoms with Crippen LogP contribution in [0.15, 0.2) is 0 Å². The summed E-state index contributed by atoms with van der Waals surface area (Å²) in [5.74, 6) is -1.86. The quantitative estimate of drug-likeness (QED) is 0.747. The first-order chi connectivity index (χ1) is 8.95. The van der Waals surface area contributed by atoms with E-state index in [-0.39, 0.29) is 12.6 Å². The number of carbonyl (C=O) groups excluding carboxylic acids is 2. The SMILES string of the molecule is CCC1CCCCN1C(=O)N(CC(N)=O)CC(=O)O. The molecule has 3 N–H and O–H groups in total. The summed E-state index contributed by atoms with van der Waals surface area (Å²) in [6, 6.07) is -0.293. The summed E-state index contributed by atoms with van der Waals surface area (Å²) < 4.78 is 0. The number of amides is 3. The van der Waals surface area contributed by atoms with E-state index in [1.165, 1.54) is 0 Å². The maximum absolute atomic E-state index is 12.3. The van der Waals surface area contributed by atoms with Crippen molar-refractivity contribution in [3.63, 3.8) is 0 Å². The average molecular weight is 271 g/mol. The Morgan fingerprint density at radius 1 is 1.32 bits per heavy atom. The Kier molecular flexibility index (Phi) is 5.59. The molecular formula is C12H21N3O4. The van der Waals surface area contributed by atoms with E-state index in [9.17, 15) is 14.4 Å². The fourth-order valence-electron chi connectivity index (χ4n) is 2.40. The lowest BCUT2D eigenvalue weighted by Gasteiger charge is -2.38. The Labute approximate surface area is 112 Å². The highest BCUT2D eigenvalue weighted by Gasteiger charge is 2.30. The summed E-state index contributed by atoms with van der Waals surface area (Å²) in [7, 11) is 0. The van der Waals surface area contributed by atoms with E-state index in [1.54, 1.807) is 4.90 Å². The van der Waals surface area contributed by atoms with Crippen LogP contribution in [-0.2, 0) is 9.59 Å². The minimum atomic E-state index is -1.15. The lowest BCUT2D eigenvalue weighted by molar-refractivity contribution is -0.138. The second kappa shape index (κ2) is 6.96. The molecule has 0 radical (unpaired) electrons. The molecule has 7 nitrogen and oxygen atoms in total. The standard InChI is InChI=1S/C12H21N3O4/c1-2-9-5-3-4-6-15(9)12(19)14(7-10(13)16)8-11(17)18/h9H,2-8H2,1H3,(H2,13,16)(H,17,18). The number of carboxylic acid groups (broad SMARTS) is 1. The van der Waals surface area contributed by atoms with Crippen molar-refractivity contribution >= 4 is 17.9 Å². The largest absolute Gasteiger partial charge is 0.480 e. The number of hydrogen-bond acceptors (Lipinski definition) is 3. The molecule has 19 heavy (non-hydrogen) atoms. The van der Waals surface area contributed by atoms with Gasteiger partial charge in [0.1, 0.15) is 13.1 Å². The van der Waals surface area contributed by atoms with E-state index in [0.29, 0.717) is 6.54 Å². The summed E-state index contributed by atoms with van der Waals surface area (Å²) in [5, 5.41) is 8.80. The van der Waals surface area contributed by atoms with Crippen LogP contribution in [0.2, 0.25) is 0 Å². The van der Waals surface area contributed by atoms with Crippen LogP contribution in [0.1, 0.15) is 32.6 Å². The number of likely N-dealkylation sites (tertiary alicyclic amines) is 1. The predicted octanol–water partition coefficient (Wildman–Crippen LogP) is 0.243. The molecule has 1 saturated heterocycles. The van der Waals surface area contributed by atoms with E-state index >= 15 is 0 Å². The fourth-order valence-corrected chi connectivity index (χ4v) is 2.40. The highest BCUT2D eigenvalue weighted by atomic mass is 16.4. The molecule has 108 valence electrons. The number of hydrogen-bond donors (Lipinski definition) is 2. The van der Waals surface area contributed by atoms with Gasteiger partial charge in [0.2, 0.25) is 5.91 Å². The Morgan fingerprint density at radius 3 is 2.53 bits per heavy atom. The van der Waals surface area contributed by atoms with Crippen molar-refractivity contribution in [1.29, 1.82) is 0 Å². The van der Waals surface area contributed by atoms with Gasteiger partial charge in [-0.1, -0.05) is 6.92 Å². The van der Waals surface area contributed by atoms with Crippen molar-refractivity contribution in [2.45, 2.75) is 38.6 Å². The smallest absolute Gasteiger partial charge is 0.323 e. The number of nitrogens with two attached hydrogens (primary N) is 1. The van der Waals surface area contributed by atoms with E-state index in [0.717, 1.165) is 30.6 Å². The molecule has 1 aliphatic rings. The number of primary amides is 1. The Hall–Kier alpha value is -1.79. The van der Waals surface area contributed by atoms with Gasteiger partial charge in [0, 0.05) is 12.6 Å². The van der Waals surface area contributed by atoms with Crippen molar-refractivity contribution in [3.05, 3.63) is 0 Å². The van der Waals surface area contributed by atoms with Crippen molar-refractivity contribution in [2.75, 3.05) is 19.6 Å². The average Bonchev–Trinajstić information content (AvgIpc) is 2.36. The maximum atomic E-state index is 12.3. The number of carboxylic acids is 1. The van der Waals surface area contributed by atoms with Gasteiger partial charge in [0.25, 0.3) is 0 Å². The van der Waals surface area contributed by atoms with E-state index in [2.05, 4.69) is 0 Å². The number of aliphatic carboxylic acids is 1. The maximum Gasteiger partial charge on any atom is 0.323 e. The van der Waals surface area contributed by atoms with Crippen molar-refractivity contribution in [2.24, 2.45) is 5.73 Å². The first-order valence-electron chi connectivity index (χ1n) is 6.51. The predicted molar refractivity (Wildman–Crippen MR) is 68.4 cm³/mol. The van der Waals surface area contributed by atoms with Crippen LogP contribution < -0.4 is 5.73 Å². The van der Waals surface area contributed by atoms with E-state index in [1.807, 2.05) is 6.92 Å². The van der Waals surface area contributed by atoms with Crippen LogP contribution in [0.5, 0.6) is 0 Å². The third-order valence-corrected chi connectivity index (χ3v) is 3.29. The second-order valence-electron chi connectivity index (χ2n) is 4.75. The van der Waals surface area contributed by atoms with Gasteiger partial charge < -0.3 is 20.6 Å². The van der Waals surface area contributed by atoms with Crippen LogP contribution in [0.4, 0.5) is 4.79 Å². The van der Waals surface area contributed by atoms with Gasteiger partial charge in [-0.05, 0) is 25.7 Å². The molecule has 0 aromatic rings. The molecule has 0 aromatic carbocycles. The van der Waals surface area contributed by atoms with Crippen molar-refractivity contribution < 1.29 is 19.5 Å². The lowest BCUT2D eigenvalue weighted by Crippen LogP contribution is -2.53. The zero-order valence-electron chi connectivity index (χ0n) is 11.2. The van der Waals surface area contributed by atoms with Gasteiger partial charge in [-0.2, -0.15) is 0 Å². The highest BCUT2D eigenvalue weighted by molar-refractivity contribution is 5.86. The third-order valence-electron chi connectivity index (χ3n) is 3.29. The molecular weight excluding hydrogens is 250 g/mol. The third kappa shape index (κ3) is 4.42. The number of piperidine rings is 1. The highest BCUT2D eigenvalue weighted by Crippen LogP contribution is 2.20. The first kappa shape index (κ1) is 15.3. The molecule has 0 saturated carbocycles. The van der Waals surface area contributed by atoms with Gasteiger partial charge >= 0.3 is 12.0 Å². The molecule has 0 spiro atoms. The van der Waals surface area contributed by atoms with Crippen LogP contribution in [0, 0.1) is 0 Å². The molecule has 0 aliphatic carbocycles. The molecule has 3 amide bonds. The molecule has 1 aliphatic heterocycles. The number of nitrogens with zero attached hydrogens (tertiary/aromatic N) is 2. The second-order valence-corrected chi connectivity index (χ2v) is 4.75. The zero-order chi connectivity index (χ0) is 14.4. The minimum Gasteiger partial charge on any atom is -0.480 e. The molecule has 0 aromatic heterocycles. The molecule has 1 heterocycles. The topological polar surface area (TPSA) is 104 Å². The summed E-state index contributed by atoms with van der Waals surface area (Å²) >= 11 is 0. The number of urea groups is 1. The molecule has 1 fully saturated rings. The summed E-state index contributed by atoms with van der Waals surface area (Å²) in [6.45, 7) is 1.73. The summed E-state index contributed by atoms with van der Waals surface area (Å²) in [5.41, 5.74) is 5.06. The van der Waals surface area contributed by atoms with Crippen molar-refractivity contribution in [1.82, 2.24) is 9.80 Å². The van der Waals surface area contributed by atoms with Crippen molar-refractivity contribution in [3.8, 4) is 0 Å². The monoisotopic (exact) mass is 271 g/mol. The van der Waals surface area contributed by atoms with Gasteiger partial charge in [-0.25, -0.2) is 4.79 Å². The number of carbonyl (C=O) groups is 3. The van der Waals surface area contributed by atoms with E-state index in [4.69, 9.17) is 10.8 Å². The van der Waals surface area contributed by atoms with Gasteiger partial charge in [-0.3, -0.25) is 9.59 Å². The summed E-state index contributed by atoms with van der Waals surface area (Å²) in [6.07, 6.45) is 3.71.